The van der Waals surface area contributed by atoms with Gasteiger partial charge in [0.05, 0.1) is 0 Å². The summed E-state index contributed by atoms with van der Waals surface area (Å²) in [6.45, 7) is 10.8. The summed E-state index contributed by atoms with van der Waals surface area (Å²) < 4.78 is 0. The minimum absolute atomic E-state index is 0.243. The molecule has 0 aliphatic heterocycles. The van der Waals surface area contributed by atoms with E-state index in [-0.39, 0.29) is 5.91 Å². The molecular formula is C26H54N2O. The van der Waals surface area contributed by atoms with E-state index in [1.807, 2.05) is 0 Å². The van der Waals surface area contributed by atoms with E-state index < -0.39 is 0 Å². The van der Waals surface area contributed by atoms with Crippen LogP contribution in [0.15, 0.2) is 0 Å². The SMILES string of the molecule is CCCCCCCCCCCCCCCCCC(=O)NCCN(CCC)CCC. The first-order chi connectivity index (χ1) is 14.2. The molecule has 3 heteroatoms. The number of unbranched alkanes of at least 4 members (excludes halogenated alkanes) is 14. The Balaban J connectivity index is 3.28. The molecule has 0 bridgehead atoms. The molecule has 0 fully saturated rings. The second-order valence-electron chi connectivity index (χ2n) is 8.89. The van der Waals surface area contributed by atoms with Crippen LogP contribution < -0.4 is 5.32 Å². The quantitative estimate of drug-likeness (QED) is 0.177. The van der Waals surface area contributed by atoms with Crippen LogP contribution >= 0.6 is 0 Å². The average Bonchev–Trinajstić information content (AvgIpc) is 2.71. The smallest absolute Gasteiger partial charge is 0.220 e. The van der Waals surface area contributed by atoms with Gasteiger partial charge in [0.25, 0.3) is 0 Å². The fraction of sp³-hybridized carbons (Fsp3) is 0.962. The molecule has 3 nitrogen and oxygen atoms in total. The lowest BCUT2D eigenvalue weighted by Gasteiger charge is -2.20. The maximum atomic E-state index is 11.9. The van der Waals surface area contributed by atoms with Crippen LogP contribution in [0.3, 0.4) is 0 Å². The van der Waals surface area contributed by atoms with Crippen molar-refractivity contribution in [1.29, 1.82) is 0 Å². The van der Waals surface area contributed by atoms with Crippen LogP contribution in [0.4, 0.5) is 0 Å². The maximum absolute atomic E-state index is 11.9. The van der Waals surface area contributed by atoms with Crippen molar-refractivity contribution in [2.75, 3.05) is 26.2 Å². The van der Waals surface area contributed by atoms with E-state index in [1.54, 1.807) is 0 Å². The Morgan fingerprint density at radius 2 is 0.966 bits per heavy atom. The monoisotopic (exact) mass is 410 g/mol. The molecule has 0 rings (SSSR count). The third-order valence-corrected chi connectivity index (χ3v) is 5.84. The number of hydrogen-bond acceptors (Lipinski definition) is 2. The molecule has 0 radical (unpaired) electrons. The number of nitrogens with zero attached hydrogens (tertiary/aromatic N) is 1. The normalized spacial score (nSPS) is 11.3. The van der Waals surface area contributed by atoms with Crippen LogP contribution in [-0.4, -0.2) is 37.0 Å². The minimum Gasteiger partial charge on any atom is -0.355 e. The Kier molecular flexibility index (Phi) is 23.2. The summed E-state index contributed by atoms with van der Waals surface area (Å²) in [6.07, 6.45) is 23.6. The second kappa shape index (κ2) is 23.7. The summed E-state index contributed by atoms with van der Waals surface area (Å²) in [6, 6.07) is 0. The van der Waals surface area contributed by atoms with Crippen LogP contribution in [0.25, 0.3) is 0 Å². The maximum Gasteiger partial charge on any atom is 0.220 e. The molecule has 0 aromatic heterocycles. The zero-order chi connectivity index (χ0) is 21.4. The molecule has 1 amide bonds. The topological polar surface area (TPSA) is 32.3 Å². The fourth-order valence-corrected chi connectivity index (χ4v) is 4.07. The Morgan fingerprint density at radius 3 is 1.38 bits per heavy atom. The molecule has 0 unspecified atom stereocenters. The van der Waals surface area contributed by atoms with Gasteiger partial charge >= 0.3 is 0 Å². The van der Waals surface area contributed by atoms with E-state index in [2.05, 4.69) is 31.0 Å². The molecule has 0 heterocycles. The highest BCUT2D eigenvalue weighted by Gasteiger charge is 2.04. The van der Waals surface area contributed by atoms with Crippen LogP contribution in [0, 0.1) is 0 Å². The molecule has 0 aliphatic carbocycles. The van der Waals surface area contributed by atoms with Gasteiger partial charge in [0.15, 0.2) is 0 Å². The molecule has 174 valence electrons. The van der Waals surface area contributed by atoms with Crippen LogP contribution in [0.2, 0.25) is 0 Å². The molecule has 0 saturated heterocycles. The summed E-state index contributed by atoms with van der Waals surface area (Å²) in [5.41, 5.74) is 0. The highest BCUT2D eigenvalue weighted by atomic mass is 16.1. The molecule has 0 aliphatic rings. The minimum atomic E-state index is 0.243. The summed E-state index contributed by atoms with van der Waals surface area (Å²) >= 11 is 0. The van der Waals surface area contributed by atoms with Gasteiger partial charge in [0.1, 0.15) is 0 Å². The summed E-state index contributed by atoms with van der Waals surface area (Å²) in [4.78, 5) is 14.4. The first kappa shape index (κ1) is 28.4. The predicted octanol–water partition coefficient (Wildman–Crippen LogP) is 7.49. The van der Waals surface area contributed by atoms with Gasteiger partial charge in [-0.15, -0.1) is 0 Å². The fourth-order valence-electron chi connectivity index (χ4n) is 4.07. The number of nitrogens with one attached hydrogen (secondary N) is 1. The van der Waals surface area contributed by atoms with Crippen LogP contribution in [0.1, 0.15) is 136 Å². The number of rotatable bonds is 23. The third-order valence-electron chi connectivity index (χ3n) is 5.84. The summed E-state index contributed by atoms with van der Waals surface area (Å²) in [5, 5.41) is 3.10. The van der Waals surface area contributed by atoms with E-state index in [0.717, 1.165) is 32.6 Å². The highest BCUT2D eigenvalue weighted by molar-refractivity contribution is 5.75. The molecule has 0 aromatic rings. The number of carbonyl (C=O) groups is 1. The van der Waals surface area contributed by atoms with Crippen molar-refractivity contribution in [1.82, 2.24) is 10.2 Å². The van der Waals surface area contributed by atoms with Gasteiger partial charge in [0.2, 0.25) is 5.91 Å². The largest absolute Gasteiger partial charge is 0.355 e. The predicted molar refractivity (Wildman–Crippen MR) is 130 cm³/mol. The van der Waals surface area contributed by atoms with Crippen LogP contribution in [-0.2, 0) is 4.79 Å². The molecule has 0 atom stereocenters. The van der Waals surface area contributed by atoms with E-state index in [9.17, 15) is 4.79 Å². The Labute approximate surface area is 183 Å². The van der Waals surface area contributed by atoms with Gasteiger partial charge in [-0.3, -0.25) is 4.79 Å². The van der Waals surface area contributed by atoms with Gasteiger partial charge in [-0.2, -0.15) is 0 Å². The Bertz CT molecular complexity index is 327. The van der Waals surface area contributed by atoms with Crippen LogP contribution in [0.5, 0.6) is 0 Å². The summed E-state index contributed by atoms with van der Waals surface area (Å²) in [5.74, 6) is 0.243. The van der Waals surface area contributed by atoms with Crippen molar-refractivity contribution in [3.63, 3.8) is 0 Å². The van der Waals surface area contributed by atoms with E-state index in [4.69, 9.17) is 0 Å². The van der Waals surface area contributed by atoms with E-state index in [0.29, 0.717) is 6.42 Å². The standard InChI is InChI=1S/C26H54N2O/c1-4-7-8-9-10-11-12-13-14-15-16-17-18-19-20-21-26(29)27-22-25-28(23-5-2)24-6-3/h4-25H2,1-3H3,(H,27,29). The first-order valence-electron chi connectivity index (χ1n) is 13.2. The molecule has 0 aromatic carbocycles. The highest BCUT2D eigenvalue weighted by Crippen LogP contribution is 2.13. The Hall–Kier alpha value is -0.570. The lowest BCUT2D eigenvalue weighted by Crippen LogP contribution is -2.35. The zero-order valence-corrected chi connectivity index (χ0v) is 20.4. The Morgan fingerprint density at radius 1 is 0.552 bits per heavy atom. The van der Waals surface area contributed by atoms with E-state index in [1.165, 1.54) is 103 Å². The number of carbonyl (C=O) groups excluding carboxylic acids is 1. The lowest BCUT2D eigenvalue weighted by atomic mass is 10.0. The zero-order valence-electron chi connectivity index (χ0n) is 20.4. The van der Waals surface area contributed by atoms with Gasteiger partial charge in [0, 0.05) is 19.5 Å². The van der Waals surface area contributed by atoms with Crippen molar-refractivity contribution in [2.24, 2.45) is 0 Å². The first-order valence-corrected chi connectivity index (χ1v) is 13.2. The van der Waals surface area contributed by atoms with Gasteiger partial charge in [-0.1, -0.05) is 111 Å². The van der Waals surface area contributed by atoms with Crippen molar-refractivity contribution < 1.29 is 4.79 Å². The number of amides is 1. The molecule has 0 saturated carbocycles. The molecule has 0 spiro atoms. The van der Waals surface area contributed by atoms with Crippen molar-refractivity contribution in [3.8, 4) is 0 Å². The molecule has 29 heavy (non-hydrogen) atoms. The molecule has 1 N–H and O–H groups in total. The van der Waals surface area contributed by atoms with Gasteiger partial charge < -0.3 is 10.2 Å². The van der Waals surface area contributed by atoms with Crippen molar-refractivity contribution in [3.05, 3.63) is 0 Å². The average molecular weight is 411 g/mol. The van der Waals surface area contributed by atoms with Crippen molar-refractivity contribution >= 4 is 5.91 Å². The summed E-state index contributed by atoms with van der Waals surface area (Å²) in [7, 11) is 0. The van der Waals surface area contributed by atoms with Gasteiger partial charge in [-0.25, -0.2) is 0 Å². The number of hydrogen-bond donors (Lipinski definition) is 1. The second-order valence-corrected chi connectivity index (χ2v) is 8.89. The third kappa shape index (κ3) is 21.9. The van der Waals surface area contributed by atoms with Gasteiger partial charge in [-0.05, 0) is 32.4 Å². The van der Waals surface area contributed by atoms with Crippen molar-refractivity contribution in [2.45, 2.75) is 136 Å². The lowest BCUT2D eigenvalue weighted by molar-refractivity contribution is -0.121. The molecular weight excluding hydrogens is 356 g/mol. The van der Waals surface area contributed by atoms with E-state index >= 15 is 0 Å².